The average Bonchev–Trinajstić information content (AvgIpc) is 2.64. The number of para-hydroxylation sites is 1. The first kappa shape index (κ1) is 15.3. The largest absolute Gasteiger partial charge is 0.349 e. The van der Waals surface area contributed by atoms with Crippen LogP contribution in [0.1, 0.15) is 41.5 Å². The SMILES string of the molecule is Cn1c([Si]([19F])(C(C)(C)C)C(C)(C)C)cc2ccccc21. The maximum atomic E-state index is 16.4. The lowest BCUT2D eigenvalue weighted by Crippen LogP contribution is -2.60. The van der Waals surface area contributed by atoms with E-state index in [9.17, 15) is 0 Å². The van der Waals surface area contributed by atoms with Crippen LogP contribution in [0.2, 0.25) is 10.1 Å². The molecule has 0 N–H and O–H groups in total. The standard InChI is InChI=1S/C17H26FNSi/c1-16(2,3)20(18,17(4,5)6)15-12-13-10-8-9-11-14(13)19(15)7/h8-12H,1-7H3/i18+0. The first-order valence-corrected chi connectivity index (χ1v) is 9.12. The van der Waals surface area contributed by atoms with E-state index < -0.39 is 8.41 Å². The fourth-order valence-corrected chi connectivity index (χ4v) is 8.24. The number of aryl methyl sites for hydroxylation is 1. The molecule has 1 nitrogen and oxygen atoms in total. The van der Waals surface area contributed by atoms with Crippen LogP contribution in [0.4, 0.5) is 4.11 Å². The molecule has 0 bridgehead atoms. The summed E-state index contributed by atoms with van der Waals surface area (Å²) in [5.41, 5.74) is 1.12. The summed E-state index contributed by atoms with van der Waals surface area (Å²) >= 11 is 0. The molecule has 0 saturated heterocycles. The Kier molecular flexibility index (Phi) is 3.41. The van der Waals surface area contributed by atoms with Gasteiger partial charge in [0.2, 0.25) is 0 Å². The third kappa shape index (κ3) is 2.03. The van der Waals surface area contributed by atoms with Crippen LogP contribution >= 0.6 is 0 Å². The van der Waals surface area contributed by atoms with Crippen LogP contribution in [0.3, 0.4) is 0 Å². The van der Waals surface area contributed by atoms with Crippen LogP contribution in [-0.4, -0.2) is 13.0 Å². The number of hydrogen-bond donors (Lipinski definition) is 0. The number of fused-ring (bicyclic) bond motifs is 1. The van der Waals surface area contributed by atoms with Gasteiger partial charge in [-0.3, -0.25) is 0 Å². The average molecular weight is 291 g/mol. The molecule has 1 aromatic heterocycles. The second kappa shape index (κ2) is 4.45. The molecule has 2 aromatic rings. The summed E-state index contributed by atoms with van der Waals surface area (Å²) in [5.74, 6) is 0. The van der Waals surface area contributed by atoms with E-state index in [1.54, 1.807) is 0 Å². The molecule has 0 aliphatic carbocycles. The number of hydrogen-bond acceptors (Lipinski definition) is 0. The lowest BCUT2D eigenvalue weighted by atomic mass is 10.2. The van der Waals surface area contributed by atoms with Gasteiger partial charge in [-0.05, 0) is 27.6 Å². The molecular formula is C17H26FNSi. The number of nitrogens with zero attached hydrogens (tertiary/aromatic N) is 1. The third-order valence-corrected chi connectivity index (χ3v) is 9.69. The van der Waals surface area contributed by atoms with Crippen molar-refractivity contribution in [1.82, 2.24) is 4.57 Å². The summed E-state index contributed by atoms with van der Waals surface area (Å²) in [6.07, 6.45) is 0. The Hall–Kier alpha value is -1.09. The van der Waals surface area contributed by atoms with Gasteiger partial charge < -0.3 is 8.67 Å². The highest BCUT2D eigenvalue weighted by Gasteiger charge is 2.58. The summed E-state index contributed by atoms with van der Waals surface area (Å²) in [7, 11) is -1.20. The van der Waals surface area contributed by atoms with Crippen molar-refractivity contribution < 1.29 is 4.11 Å². The number of halogens is 1. The molecular weight excluding hydrogens is 265 g/mol. The molecule has 0 radical (unpaired) electrons. The van der Waals surface area contributed by atoms with Gasteiger partial charge in [0.05, 0.1) is 0 Å². The van der Waals surface area contributed by atoms with E-state index in [2.05, 4.69) is 22.8 Å². The van der Waals surface area contributed by atoms with Crippen LogP contribution in [0.15, 0.2) is 30.3 Å². The fourth-order valence-electron chi connectivity index (χ4n) is 3.51. The van der Waals surface area contributed by atoms with E-state index in [4.69, 9.17) is 0 Å². The summed E-state index contributed by atoms with van der Waals surface area (Å²) in [5, 5.41) is 1.35. The molecule has 110 valence electrons. The Bertz CT molecular complexity index is 614. The molecule has 0 spiro atoms. The van der Waals surface area contributed by atoms with Crippen molar-refractivity contribution in [2.75, 3.05) is 0 Å². The van der Waals surface area contributed by atoms with E-state index in [-0.39, 0.29) is 10.1 Å². The quantitative estimate of drug-likeness (QED) is 0.520. The predicted octanol–water partition coefficient (Wildman–Crippen LogP) is 4.90. The van der Waals surface area contributed by atoms with Gasteiger partial charge in [0.15, 0.2) is 0 Å². The lowest BCUT2D eigenvalue weighted by molar-refractivity contribution is 0.530. The maximum Gasteiger partial charge on any atom is 0.304 e. The smallest absolute Gasteiger partial charge is 0.304 e. The van der Waals surface area contributed by atoms with E-state index in [1.807, 2.05) is 60.7 Å². The van der Waals surface area contributed by atoms with Crippen LogP contribution in [-0.2, 0) is 7.05 Å². The van der Waals surface area contributed by atoms with Gasteiger partial charge in [-0.1, -0.05) is 59.7 Å². The van der Waals surface area contributed by atoms with Gasteiger partial charge in [-0.2, -0.15) is 0 Å². The Morgan fingerprint density at radius 1 is 0.950 bits per heavy atom. The molecule has 0 aliphatic heterocycles. The molecule has 20 heavy (non-hydrogen) atoms. The normalized spacial score (nSPS) is 14.0. The van der Waals surface area contributed by atoms with Crippen LogP contribution < -0.4 is 5.32 Å². The van der Waals surface area contributed by atoms with E-state index >= 15 is 4.11 Å². The van der Waals surface area contributed by atoms with E-state index in [0.29, 0.717) is 0 Å². The summed E-state index contributed by atoms with van der Waals surface area (Å²) < 4.78 is 18.4. The Balaban J connectivity index is 2.80. The number of rotatable bonds is 1. The molecule has 0 unspecified atom stereocenters. The number of benzene rings is 1. The topological polar surface area (TPSA) is 4.93 Å². The molecule has 0 fully saturated rings. The minimum absolute atomic E-state index is 0.340. The highest BCUT2D eigenvalue weighted by molar-refractivity contribution is 6.90. The highest BCUT2D eigenvalue weighted by Crippen LogP contribution is 2.51. The van der Waals surface area contributed by atoms with Crippen molar-refractivity contribution in [2.24, 2.45) is 7.05 Å². The minimum atomic E-state index is -3.19. The van der Waals surface area contributed by atoms with Gasteiger partial charge in [-0.15, -0.1) is 0 Å². The Labute approximate surface area is 123 Å². The van der Waals surface area contributed by atoms with Crippen LogP contribution in [0.25, 0.3) is 10.9 Å². The van der Waals surface area contributed by atoms with Gasteiger partial charge in [0, 0.05) is 17.9 Å². The highest BCUT2D eigenvalue weighted by atomic mass is 28.4. The monoisotopic (exact) mass is 291 g/mol. The van der Waals surface area contributed by atoms with Crippen molar-refractivity contribution in [3.63, 3.8) is 0 Å². The van der Waals surface area contributed by atoms with Crippen molar-refractivity contribution in [3.05, 3.63) is 30.3 Å². The van der Waals surface area contributed by atoms with Crippen molar-refractivity contribution in [2.45, 2.75) is 51.6 Å². The molecule has 2 rings (SSSR count). The Morgan fingerprint density at radius 2 is 1.45 bits per heavy atom. The predicted molar refractivity (Wildman–Crippen MR) is 88.8 cm³/mol. The van der Waals surface area contributed by atoms with E-state index in [1.165, 1.54) is 0 Å². The zero-order chi connectivity index (χ0) is 15.3. The first-order chi connectivity index (χ1) is 9.00. The van der Waals surface area contributed by atoms with Crippen molar-refractivity contribution in [1.29, 1.82) is 0 Å². The van der Waals surface area contributed by atoms with Gasteiger partial charge in [0.1, 0.15) is 0 Å². The fraction of sp³-hybridized carbons (Fsp3) is 0.529. The molecule has 3 heteroatoms. The molecule has 0 aliphatic rings. The second-order valence-corrected chi connectivity index (χ2v) is 12.6. The maximum absolute atomic E-state index is 16.4. The van der Waals surface area contributed by atoms with Crippen molar-refractivity contribution >= 4 is 24.6 Å². The third-order valence-electron chi connectivity index (χ3n) is 4.37. The zero-order valence-corrected chi connectivity index (χ0v) is 14.7. The van der Waals surface area contributed by atoms with Gasteiger partial charge in [0.25, 0.3) is 0 Å². The number of aromatic nitrogens is 1. The van der Waals surface area contributed by atoms with Crippen molar-refractivity contribution in [3.8, 4) is 0 Å². The molecule has 1 heterocycles. The second-order valence-electron chi connectivity index (χ2n) is 7.81. The summed E-state index contributed by atoms with van der Waals surface area (Å²) in [4.78, 5) is 0. The molecule has 0 atom stereocenters. The zero-order valence-electron chi connectivity index (χ0n) is 13.7. The van der Waals surface area contributed by atoms with Crippen LogP contribution in [0, 0.1) is 0 Å². The first-order valence-electron chi connectivity index (χ1n) is 7.24. The Morgan fingerprint density at radius 3 is 1.90 bits per heavy atom. The molecule has 0 amide bonds. The van der Waals surface area contributed by atoms with Crippen LogP contribution in [0.5, 0.6) is 0 Å². The van der Waals surface area contributed by atoms with E-state index in [0.717, 1.165) is 16.2 Å². The molecule has 0 saturated carbocycles. The summed E-state index contributed by atoms with van der Waals surface area (Å²) in [6.45, 7) is 12.3. The lowest BCUT2D eigenvalue weighted by Gasteiger charge is -2.44. The summed E-state index contributed by atoms with van der Waals surface area (Å²) in [6, 6.07) is 10.2. The minimum Gasteiger partial charge on any atom is -0.349 e. The van der Waals surface area contributed by atoms with Gasteiger partial charge >= 0.3 is 8.41 Å². The molecule has 1 aromatic carbocycles. The van der Waals surface area contributed by atoms with Gasteiger partial charge in [-0.25, -0.2) is 0 Å².